The van der Waals surface area contributed by atoms with E-state index in [1.54, 1.807) is 0 Å². The van der Waals surface area contributed by atoms with Crippen LogP contribution >= 0.6 is 0 Å². The largest absolute Gasteiger partial charge is 0.457 e. The number of carbonyl (C=O) groups excluding carboxylic acids is 1. The van der Waals surface area contributed by atoms with Gasteiger partial charge in [-0.25, -0.2) is 0 Å². The molecule has 0 bridgehead atoms. The summed E-state index contributed by atoms with van der Waals surface area (Å²) >= 11 is 0. The molecule has 1 saturated carbocycles. The van der Waals surface area contributed by atoms with Crippen LogP contribution < -0.4 is 4.74 Å². The van der Waals surface area contributed by atoms with Crippen molar-refractivity contribution in [3.05, 3.63) is 60.2 Å². The number of carbonyl (C=O) groups is 1. The number of rotatable bonds is 7. The number of ether oxygens (including phenoxy) is 1. The maximum absolute atomic E-state index is 11.7. The smallest absolute Gasteiger partial charge is 0.161 e. The van der Waals surface area contributed by atoms with E-state index in [4.69, 9.17) is 9.57 Å². The van der Waals surface area contributed by atoms with Gasteiger partial charge in [-0.3, -0.25) is 9.63 Å². The Morgan fingerprint density at radius 3 is 2.43 bits per heavy atom. The first kappa shape index (κ1) is 14.4. The van der Waals surface area contributed by atoms with Gasteiger partial charge < -0.3 is 4.74 Å². The van der Waals surface area contributed by atoms with Crippen molar-refractivity contribution in [1.29, 1.82) is 0 Å². The van der Waals surface area contributed by atoms with Crippen LogP contribution in [0.3, 0.4) is 0 Å². The van der Waals surface area contributed by atoms with Gasteiger partial charge in [0.2, 0.25) is 0 Å². The van der Waals surface area contributed by atoms with E-state index in [2.05, 4.69) is 0 Å². The monoisotopic (exact) mass is 309 g/mol. The lowest BCUT2D eigenvalue weighted by atomic mass is 10.2. The fourth-order valence-electron chi connectivity index (χ4n) is 2.62. The Morgan fingerprint density at radius 1 is 1.04 bits per heavy atom. The molecule has 2 aromatic carbocycles. The summed E-state index contributed by atoms with van der Waals surface area (Å²) in [5.41, 5.74) is 1.15. The van der Waals surface area contributed by atoms with Gasteiger partial charge in [0.25, 0.3) is 0 Å². The summed E-state index contributed by atoms with van der Waals surface area (Å²) in [6, 6.07) is 17.7. The van der Waals surface area contributed by atoms with Gasteiger partial charge >= 0.3 is 0 Å². The van der Waals surface area contributed by atoms with E-state index in [1.165, 1.54) is 0 Å². The molecule has 118 valence electrons. The van der Waals surface area contributed by atoms with Crippen LogP contribution in [0.2, 0.25) is 0 Å². The number of hydroxylamine groups is 2. The SMILES string of the molecule is O=C(CC1ON1Cc1ccc(Oc2ccccc2)cc1)C1CC1. The molecule has 1 heterocycles. The molecule has 0 amide bonds. The maximum atomic E-state index is 11.7. The third-order valence-electron chi connectivity index (χ3n) is 4.18. The van der Waals surface area contributed by atoms with Crippen molar-refractivity contribution < 1.29 is 14.4 Å². The Hall–Kier alpha value is -2.17. The Labute approximate surface area is 135 Å². The van der Waals surface area contributed by atoms with Gasteiger partial charge in [-0.1, -0.05) is 30.3 Å². The van der Waals surface area contributed by atoms with Crippen molar-refractivity contribution in [2.24, 2.45) is 5.92 Å². The van der Waals surface area contributed by atoms with Crippen LogP contribution in [0.15, 0.2) is 54.6 Å². The zero-order valence-corrected chi connectivity index (χ0v) is 12.9. The summed E-state index contributed by atoms with van der Waals surface area (Å²) in [6.45, 7) is 0.703. The second kappa shape index (κ2) is 6.14. The molecule has 4 heteroatoms. The van der Waals surface area contributed by atoms with Gasteiger partial charge in [-0.15, -0.1) is 0 Å². The lowest BCUT2D eigenvalue weighted by Crippen LogP contribution is -2.09. The van der Waals surface area contributed by atoms with Crippen molar-refractivity contribution in [2.75, 3.05) is 0 Å². The highest BCUT2D eigenvalue weighted by atomic mass is 16.8. The molecule has 2 aliphatic rings. The summed E-state index contributed by atoms with van der Waals surface area (Å²) < 4.78 is 5.77. The fraction of sp³-hybridized carbons (Fsp3) is 0.316. The van der Waals surface area contributed by atoms with Gasteiger partial charge in [0.15, 0.2) is 6.23 Å². The van der Waals surface area contributed by atoms with E-state index in [9.17, 15) is 4.79 Å². The molecule has 0 radical (unpaired) electrons. The maximum Gasteiger partial charge on any atom is 0.161 e. The Morgan fingerprint density at radius 2 is 1.74 bits per heavy atom. The van der Waals surface area contributed by atoms with Gasteiger partial charge in [0.1, 0.15) is 17.3 Å². The zero-order chi connectivity index (χ0) is 15.6. The predicted molar refractivity (Wildman–Crippen MR) is 85.7 cm³/mol. The molecule has 4 nitrogen and oxygen atoms in total. The molecule has 0 N–H and O–H groups in total. The zero-order valence-electron chi connectivity index (χ0n) is 12.9. The number of ketones is 1. The van der Waals surface area contributed by atoms with Crippen LogP contribution in [-0.2, 0) is 16.2 Å². The second-order valence-electron chi connectivity index (χ2n) is 6.14. The lowest BCUT2D eigenvalue weighted by Gasteiger charge is -2.06. The quantitative estimate of drug-likeness (QED) is 0.727. The predicted octanol–water partition coefficient (Wildman–Crippen LogP) is 3.92. The minimum absolute atomic E-state index is 0.0247. The molecular formula is C19H19NO3. The molecule has 0 spiro atoms. The van der Waals surface area contributed by atoms with Crippen LogP contribution in [0.25, 0.3) is 0 Å². The molecular weight excluding hydrogens is 290 g/mol. The minimum Gasteiger partial charge on any atom is -0.457 e. The molecule has 2 atom stereocenters. The van der Waals surface area contributed by atoms with E-state index < -0.39 is 0 Å². The fourth-order valence-corrected chi connectivity index (χ4v) is 2.62. The third kappa shape index (κ3) is 3.78. The van der Waals surface area contributed by atoms with Crippen molar-refractivity contribution in [3.8, 4) is 11.5 Å². The van der Waals surface area contributed by atoms with Crippen LogP contribution in [0, 0.1) is 5.92 Å². The summed E-state index contributed by atoms with van der Waals surface area (Å²) in [7, 11) is 0. The van der Waals surface area contributed by atoms with E-state index in [-0.39, 0.29) is 6.23 Å². The molecule has 1 aliphatic heterocycles. The average Bonchev–Trinajstić information content (AvgIpc) is 3.47. The first-order valence-corrected chi connectivity index (χ1v) is 8.06. The van der Waals surface area contributed by atoms with Gasteiger partial charge in [0.05, 0.1) is 13.0 Å². The highest BCUT2D eigenvalue weighted by Gasteiger charge is 2.41. The lowest BCUT2D eigenvalue weighted by molar-refractivity contribution is -0.120. The molecule has 4 rings (SSSR count). The Bertz CT molecular complexity index is 680. The minimum atomic E-state index is -0.0247. The topological polar surface area (TPSA) is 41.8 Å². The molecule has 2 unspecified atom stereocenters. The number of hydrogen-bond donors (Lipinski definition) is 0. The molecule has 2 fully saturated rings. The van der Waals surface area contributed by atoms with E-state index in [0.717, 1.165) is 29.9 Å². The summed E-state index contributed by atoms with van der Waals surface area (Å²) in [4.78, 5) is 17.2. The Balaban J connectivity index is 1.28. The number of para-hydroxylation sites is 1. The standard InChI is InChI=1S/C19H19NO3/c21-18(15-8-9-15)12-19-20(23-19)13-14-6-10-17(11-7-14)22-16-4-2-1-3-5-16/h1-7,10-11,15,19H,8-9,12-13H2. The van der Waals surface area contributed by atoms with Gasteiger partial charge in [-0.05, 0) is 42.7 Å². The molecule has 0 aromatic heterocycles. The number of nitrogens with zero attached hydrogens (tertiary/aromatic N) is 1. The van der Waals surface area contributed by atoms with Crippen LogP contribution in [0.5, 0.6) is 11.5 Å². The van der Waals surface area contributed by atoms with E-state index in [0.29, 0.717) is 24.7 Å². The first-order valence-electron chi connectivity index (χ1n) is 8.06. The Kier molecular flexibility index (Phi) is 3.85. The van der Waals surface area contributed by atoms with Crippen LogP contribution in [0.1, 0.15) is 24.8 Å². The summed E-state index contributed by atoms with van der Waals surface area (Å²) in [6.07, 6.45) is 2.63. The van der Waals surface area contributed by atoms with Gasteiger partial charge in [-0.2, -0.15) is 5.06 Å². The van der Waals surface area contributed by atoms with Crippen LogP contribution in [-0.4, -0.2) is 17.1 Å². The van der Waals surface area contributed by atoms with Crippen LogP contribution in [0.4, 0.5) is 0 Å². The molecule has 23 heavy (non-hydrogen) atoms. The second-order valence-corrected chi connectivity index (χ2v) is 6.14. The highest BCUT2D eigenvalue weighted by molar-refractivity contribution is 5.83. The van der Waals surface area contributed by atoms with E-state index in [1.807, 2.05) is 59.7 Å². The number of benzene rings is 2. The normalized spacial score (nSPS) is 22.6. The first-order chi connectivity index (χ1) is 11.3. The van der Waals surface area contributed by atoms with Crippen molar-refractivity contribution in [1.82, 2.24) is 5.06 Å². The van der Waals surface area contributed by atoms with Gasteiger partial charge in [0, 0.05) is 5.92 Å². The molecule has 2 aromatic rings. The van der Waals surface area contributed by atoms with Crippen molar-refractivity contribution >= 4 is 5.78 Å². The number of Topliss-reactive ketones (excluding diaryl/α,β-unsaturated/α-hetero) is 1. The highest BCUT2D eigenvalue weighted by Crippen LogP contribution is 2.35. The average molecular weight is 309 g/mol. The van der Waals surface area contributed by atoms with Crippen molar-refractivity contribution in [2.45, 2.75) is 32.0 Å². The van der Waals surface area contributed by atoms with E-state index >= 15 is 0 Å². The third-order valence-corrected chi connectivity index (χ3v) is 4.18. The number of hydrogen-bond acceptors (Lipinski definition) is 4. The summed E-state index contributed by atoms with van der Waals surface area (Å²) in [5.74, 6) is 2.31. The molecule has 1 saturated heterocycles. The molecule has 1 aliphatic carbocycles. The van der Waals surface area contributed by atoms with Crippen molar-refractivity contribution in [3.63, 3.8) is 0 Å². The summed E-state index contributed by atoms with van der Waals surface area (Å²) in [5, 5.41) is 1.87.